The molecule has 1 heterocycles. The number of ether oxygens (including phenoxy) is 1. The molecule has 5 atom stereocenters. The van der Waals surface area contributed by atoms with E-state index < -0.39 is 42.8 Å². The summed E-state index contributed by atoms with van der Waals surface area (Å²) >= 11 is 0. The fraction of sp³-hybridized carbons (Fsp3) is 0.536. The van der Waals surface area contributed by atoms with Crippen LogP contribution < -0.4 is 0 Å². The summed E-state index contributed by atoms with van der Waals surface area (Å²) in [7, 11) is 0. The Balaban J connectivity index is 0.000000361. The van der Waals surface area contributed by atoms with Gasteiger partial charge in [0.05, 0.1) is 6.10 Å². The highest BCUT2D eigenvalue weighted by Gasteiger charge is 2.44. The van der Waals surface area contributed by atoms with Crippen LogP contribution in [-0.2, 0) is 4.74 Å². The van der Waals surface area contributed by atoms with Gasteiger partial charge in [-0.05, 0) is 58.2 Å². The molecule has 1 aliphatic heterocycles. The summed E-state index contributed by atoms with van der Waals surface area (Å²) in [6.07, 6.45) is 0.696. The average molecular weight is 512 g/mol. The third-order valence-corrected chi connectivity index (χ3v) is 6.01. The summed E-state index contributed by atoms with van der Waals surface area (Å²) < 4.78 is 44.7. The topological polar surface area (TPSA) is 82.3 Å². The maximum atomic E-state index is 13.3. The third-order valence-electron chi connectivity index (χ3n) is 6.01. The third kappa shape index (κ3) is 9.00. The number of unbranched alkanes of at least 4 members (excludes halogenated alkanes) is 1. The van der Waals surface area contributed by atoms with Crippen LogP contribution in [-0.4, -0.2) is 52.4 Å². The molecule has 0 saturated carbocycles. The Morgan fingerprint density at radius 2 is 1.72 bits per heavy atom. The van der Waals surface area contributed by atoms with E-state index in [1.807, 2.05) is 13.0 Å². The highest BCUT2D eigenvalue weighted by Crippen LogP contribution is 2.31. The summed E-state index contributed by atoms with van der Waals surface area (Å²) in [5, 5.41) is 29.2. The predicted octanol–water partition coefficient (Wildman–Crippen LogP) is 6.07. The Labute approximate surface area is 212 Å². The van der Waals surface area contributed by atoms with Gasteiger partial charge in [0.2, 0.25) is 0 Å². The molecule has 0 aliphatic carbocycles. The zero-order valence-corrected chi connectivity index (χ0v) is 22.0. The van der Waals surface area contributed by atoms with Gasteiger partial charge in [0.1, 0.15) is 30.2 Å². The van der Waals surface area contributed by atoms with Crippen molar-refractivity contribution in [1.29, 1.82) is 0 Å². The Bertz CT molecular complexity index is 925. The molecular formula is C28H40F3NO4. The largest absolute Gasteiger partial charge is 0.388 e. The smallest absolute Gasteiger partial charge is 0.264 e. The molecular weight excluding hydrogens is 471 g/mol. The second-order valence-corrected chi connectivity index (χ2v) is 8.71. The maximum absolute atomic E-state index is 13.3. The van der Waals surface area contributed by atoms with Crippen LogP contribution >= 0.6 is 0 Å². The highest BCUT2D eigenvalue weighted by atomic mass is 19.3. The van der Waals surface area contributed by atoms with Crippen molar-refractivity contribution in [2.24, 2.45) is 4.99 Å². The molecule has 1 saturated heterocycles. The summed E-state index contributed by atoms with van der Waals surface area (Å²) in [5.41, 5.74) is 2.48. The van der Waals surface area contributed by atoms with E-state index in [0.717, 1.165) is 18.4 Å². The molecule has 202 valence electrons. The molecule has 1 aromatic carbocycles. The Morgan fingerprint density at radius 1 is 1.11 bits per heavy atom. The standard InChI is InChI=1S/C16H25F2N.C12H15FO4/c1-6-9-10-11-14(13(5)19-8-3)15(16(17)18)12(4)7-2;1-6-9(14)11(16)12(17-6)10(15)7-2-4-8(13)5-3-7/h8,10-11,16H,6-7,9H2,1-5H3;2-6,9-12,14-16H,1H3/b11-10-,14-13-,15-12?,19-8?;. The molecule has 0 amide bonds. The molecule has 0 spiro atoms. The van der Waals surface area contributed by atoms with Crippen molar-refractivity contribution in [3.63, 3.8) is 0 Å². The lowest BCUT2D eigenvalue weighted by Crippen LogP contribution is -2.34. The van der Waals surface area contributed by atoms with Crippen LogP contribution in [0.1, 0.15) is 72.5 Å². The minimum atomic E-state index is -2.47. The molecule has 5 unspecified atom stereocenters. The lowest BCUT2D eigenvalue weighted by Gasteiger charge is -2.21. The summed E-state index contributed by atoms with van der Waals surface area (Å²) in [5.74, 6) is -0.401. The summed E-state index contributed by atoms with van der Waals surface area (Å²) in [4.78, 5) is 4.16. The van der Waals surface area contributed by atoms with Crippen LogP contribution in [0.2, 0.25) is 0 Å². The van der Waals surface area contributed by atoms with Crippen LogP contribution in [0.25, 0.3) is 0 Å². The first-order valence-electron chi connectivity index (χ1n) is 12.3. The molecule has 1 fully saturated rings. The summed E-state index contributed by atoms with van der Waals surface area (Å²) in [6.45, 7) is 10.9. The quantitative estimate of drug-likeness (QED) is 0.278. The van der Waals surface area contributed by atoms with Gasteiger partial charge in [-0.2, -0.15) is 0 Å². The minimum absolute atomic E-state index is 0.123. The number of halogens is 3. The molecule has 5 nitrogen and oxygen atoms in total. The summed E-state index contributed by atoms with van der Waals surface area (Å²) in [6, 6.07) is 5.29. The van der Waals surface area contributed by atoms with E-state index in [2.05, 4.69) is 11.9 Å². The number of aliphatic imine (C=N–C) groups is 1. The van der Waals surface area contributed by atoms with Gasteiger partial charge in [-0.25, -0.2) is 13.2 Å². The number of benzene rings is 1. The number of hydrogen-bond acceptors (Lipinski definition) is 5. The minimum Gasteiger partial charge on any atom is -0.388 e. The second-order valence-electron chi connectivity index (χ2n) is 8.71. The number of allylic oxidation sites excluding steroid dienone is 6. The SMILES string of the molecule is CC1OC(C(O)c2ccc(F)cc2)C(O)C1O.CC=N/C(C)=C(/C=C\CCC)C(=C(C)CC)C(F)F. The molecule has 1 aliphatic rings. The van der Waals surface area contributed by atoms with Crippen molar-refractivity contribution < 1.29 is 33.2 Å². The van der Waals surface area contributed by atoms with Crippen molar-refractivity contribution in [3.8, 4) is 0 Å². The lowest BCUT2D eigenvalue weighted by atomic mass is 9.97. The Kier molecular flexibility index (Phi) is 13.9. The molecule has 8 heteroatoms. The lowest BCUT2D eigenvalue weighted by molar-refractivity contribution is -0.0635. The fourth-order valence-corrected chi connectivity index (χ4v) is 3.75. The molecule has 2 rings (SSSR count). The van der Waals surface area contributed by atoms with E-state index in [1.165, 1.54) is 24.3 Å². The van der Waals surface area contributed by atoms with Crippen molar-refractivity contribution in [2.75, 3.05) is 0 Å². The number of nitrogens with zero attached hydrogens (tertiary/aromatic N) is 1. The van der Waals surface area contributed by atoms with Gasteiger partial charge in [0, 0.05) is 23.1 Å². The zero-order valence-electron chi connectivity index (χ0n) is 22.0. The van der Waals surface area contributed by atoms with Crippen LogP contribution in [0.4, 0.5) is 13.2 Å². The maximum Gasteiger partial charge on any atom is 0.264 e. The van der Waals surface area contributed by atoms with Gasteiger partial charge >= 0.3 is 0 Å². The average Bonchev–Trinajstić information content (AvgIpc) is 3.10. The molecule has 0 aromatic heterocycles. The molecule has 36 heavy (non-hydrogen) atoms. The Morgan fingerprint density at radius 3 is 2.17 bits per heavy atom. The number of hydrogen-bond donors (Lipinski definition) is 3. The molecule has 1 aromatic rings. The normalized spacial score (nSPS) is 24.6. The van der Waals surface area contributed by atoms with E-state index >= 15 is 0 Å². The van der Waals surface area contributed by atoms with Gasteiger partial charge in [-0.1, -0.05) is 50.1 Å². The molecule has 3 N–H and O–H groups in total. The van der Waals surface area contributed by atoms with E-state index in [0.29, 0.717) is 23.3 Å². The van der Waals surface area contributed by atoms with Crippen LogP contribution in [0.3, 0.4) is 0 Å². The first-order chi connectivity index (χ1) is 17.0. The fourth-order valence-electron chi connectivity index (χ4n) is 3.75. The van der Waals surface area contributed by atoms with Crippen LogP contribution in [0.5, 0.6) is 0 Å². The van der Waals surface area contributed by atoms with Gasteiger partial charge < -0.3 is 20.1 Å². The van der Waals surface area contributed by atoms with Crippen LogP contribution in [0, 0.1) is 5.82 Å². The van der Waals surface area contributed by atoms with Crippen molar-refractivity contribution >= 4 is 6.21 Å². The van der Waals surface area contributed by atoms with Gasteiger partial charge in [-0.15, -0.1) is 0 Å². The van der Waals surface area contributed by atoms with Gasteiger partial charge in [0.15, 0.2) is 0 Å². The zero-order chi connectivity index (χ0) is 27.4. The van der Waals surface area contributed by atoms with E-state index in [-0.39, 0.29) is 5.57 Å². The van der Waals surface area contributed by atoms with Crippen LogP contribution in [0.15, 0.2) is 63.8 Å². The number of aliphatic hydroxyl groups is 3. The predicted molar refractivity (Wildman–Crippen MR) is 138 cm³/mol. The second kappa shape index (κ2) is 15.8. The number of rotatable bonds is 9. The Hall–Kier alpha value is -2.26. The van der Waals surface area contributed by atoms with Crippen molar-refractivity contribution in [3.05, 3.63) is 70.2 Å². The first kappa shape index (κ1) is 31.8. The number of alkyl halides is 2. The highest BCUT2D eigenvalue weighted by molar-refractivity contribution is 5.57. The molecule has 0 bridgehead atoms. The first-order valence-corrected chi connectivity index (χ1v) is 12.3. The van der Waals surface area contributed by atoms with Gasteiger partial charge in [0.25, 0.3) is 6.43 Å². The van der Waals surface area contributed by atoms with E-state index in [4.69, 9.17) is 4.74 Å². The van der Waals surface area contributed by atoms with Gasteiger partial charge in [-0.3, -0.25) is 4.99 Å². The van der Waals surface area contributed by atoms with Crippen molar-refractivity contribution in [2.45, 2.75) is 97.8 Å². The number of aliphatic hydroxyl groups excluding tert-OH is 3. The molecule has 0 radical (unpaired) electrons. The van der Waals surface area contributed by atoms with E-state index in [9.17, 15) is 28.5 Å². The monoisotopic (exact) mass is 511 g/mol. The van der Waals surface area contributed by atoms with Crippen molar-refractivity contribution in [1.82, 2.24) is 0 Å². The van der Waals surface area contributed by atoms with E-state index in [1.54, 1.807) is 40.0 Å².